The summed E-state index contributed by atoms with van der Waals surface area (Å²) in [5.41, 5.74) is 8.48. The maximum absolute atomic E-state index is 13.1. The van der Waals surface area contributed by atoms with Crippen molar-refractivity contribution in [2.24, 2.45) is 5.73 Å². The summed E-state index contributed by atoms with van der Waals surface area (Å²) in [6.07, 6.45) is 5.13. The number of benzene rings is 1. The first kappa shape index (κ1) is 15.5. The van der Waals surface area contributed by atoms with Crippen molar-refractivity contribution in [3.05, 3.63) is 35.4 Å². The molecule has 0 bridgehead atoms. The highest BCUT2D eigenvalue weighted by Gasteiger charge is 2.36. The van der Waals surface area contributed by atoms with Gasteiger partial charge in [-0.1, -0.05) is 24.3 Å². The van der Waals surface area contributed by atoms with Gasteiger partial charge in [-0.15, -0.1) is 0 Å². The second-order valence-electron chi connectivity index (χ2n) is 6.45. The summed E-state index contributed by atoms with van der Waals surface area (Å²) in [6, 6.07) is 8.50. The van der Waals surface area contributed by atoms with E-state index in [0.717, 1.165) is 38.6 Å². The highest BCUT2D eigenvalue weighted by Crippen LogP contribution is 2.34. The third-order valence-electron chi connectivity index (χ3n) is 5.22. The van der Waals surface area contributed by atoms with Crippen LogP contribution in [-0.2, 0) is 16.0 Å². The quantitative estimate of drug-likeness (QED) is 0.930. The van der Waals surface area contributed by atoms with Gasteiger partial charge in [0.25, 0.3) is 0 Å². The molecule has 1 heterocycles. The van der Waals surface area contributed by atoms with Crippen molar-refractivity contribution in [3.8, 4) is 0 Å². The van der Waals surface area contributed by atoms with Gasteiger partial charge in [0, 0.05) is 26.2 Å². The van der Waals surface area contributed by atoms with Crippen molar-refractivity contribution < 1.29 is 9.53 Å². The molecule has 1 aromatic rings. The Morgan fingerprint density at radius 3 is 2.95 bits per heavy atom. The van der Waals surface area contributed by atoms with E-state index in [-0.39, 0.29) is 24.0 Å². The number of fused-ring (bicyclic) bond motifs is 1. The Balaban J connectivity index is 1.79. The highest BCUT2D eigenvalue weighted by atomic mass is 16.5. The smallest absolute Gasteiger partial charge is 0.230 e. The van der Waals surface area contributed by atoms with E-state index >= 15 is 0 Å². The van der Waals surface area contributed by atoms with E-state index in [1.807, 2.05) is 11.0 Å². The van der Waals surface area contributed by atoms with Crippen LogP contribution in [0.2, 0.25) is 0 Å². The Labute approximate surface area is 132 Å². The number of methoxy groups -OCH3 is 1. The van der Waals surface area contributed by atoms with Crippen LogP contribution in [0.4, 0.5) is 0 Å². The number of aryl methyl sites for hydroxylation is 1. The lowest BCUT2D eigenvalue weighted by Crippen LogP contribution is -2.52. The second-order valence-corrected chi connectivity index (χ2v) is 6.45. The lowest BCUT2D eigenvalue weighted by atomic mass is 9.81. The predicted molar refractivity (Wildman–Crippen MR) is 86.7 cm³/mol. The Kier molecular flexibility index (Phi) is 4.79. The number of carbonyl (C=O) groups excluding carboxylic acids is 1. The monoisotopic (exact) mass is 302 g/mol. The van der Waals surface area contributed by atoms with Crippen molar-refractivity contribution in [3.63, 3.8) is 0 Å². The number of nitrogens with two attached hydrogens (primary N) is 1. The molecule has 0 aromatic heterocycles. The van der Waals surface area contributed by atoms with Crippen molar-refractivity contribution in [1.29, 1.82) is 0 Å². The van der Waals surface area contributed by atoms with Gasteiger partial charge >= 0.3 is 0 Å². The minimum Gasteiger partial charge on any atom is -0.381 e. The summed E-state index contributed by atoms with van der Waals surface area (Å²) in [6.45, 7) is 1.28. The van der Waals surface area contributed by atoms with Crippen molar-refractivity contribution in [2.45, 2.75) is 50.2 Å². The summed E-state index contributed by atoms with van der Waals surface area (Å²) in [5.74, 6) is 0.273. The Morgan fingerprint density at radius 2 is 2.18 bits per heavy atom. The predicted octanol–water partition coefficient (Wildman–Crippen LogP) is 2.07. The molecule has 1 amide bonds. The molecule has 1 aliphatic heterocycles. The third-order valence-corrected chi connectivity index (χ3v) is 5.22. The molecule has 0 radical (unpaired) electrons. The number of likely N-dealkylation sites (tertiary alicyclic amines) is 1. The molecule has 1 aromatic carbocycles. The Hall–Kier alpha value is -1.39. The van der Waals surface area contributed by atoms with Gasteiger partial charge in [0.2, 0.25) is 5.91 Å². The number of hydrogen-bond acceptors (Lipinski definition) is 3. The molecule has 1 fully saturated rings. The molecule has 0 spiro atoms. The van der Waals surface area contributed by atoms with E-state index in [2.05, 4.69) is 18.2 Å². The third kappa shape index (κ3) is 2.90. The Morgan fingerprint density at radius 1 is 1.36 bits per heavy atom. The molecule has 0 saturated carbocycles. The zero-order valence-corrected chi connectivity index (χ0v) is 13.3. The minimum absolute atomic E-state index is 0.0121. The summed E-state index contributed by atoms with van der Waals surface area (Å²) < 4.78 is 5.46. The number of piperidine rings is 1. The molecular weight excluding hydrogens is 276 g/mol. The van der Waals surface area contributed by atoms with E-state index in [9.17, 15) is 4.79 Å². The molecule has 1 saturated heterocycles. The van der Waals surface area contributed by atoms with Gasteiger partial charge in [0.1, 0.15) is 0 Å². The van der Waals surface area contributed by atoms with E-state index in [1.165, 1.54) is 11.1 Å². The molecule has 120 valence electrons. The average molecular weight is 302 g/mol. The van der Waals surface area contributed by atoms with Crippen LogP contribution >= 0.6 is 0 Å². The second kappa shape index (κ2) is 6.80. The van der Waals surface area contributed by atoms with E-state index in [1.54, 1.807) is 7.11 Å². The average Bonchev–Trinajstić information content (AvgIpc) is 2.60. The molecule has 2 N–H and O–H groups in total. The van der Waals surface area contributed by atoms with Gasteiger partial charge in [-0.25, -0.2) is 0 Å². The Bertz CT molecular complexity index is 532. The molecule has 1 aliphatic carbocycles. The SMILES string of the molecule is COC1CCN(C(=O)C2CCCc3ccccc32)C(CN)C1. The highest BCUT2D eigenvalue weighted by molar-refractivity contribution is 5.85. The summed E-state index contributed by atoms with van der Waals surface area (Å²) in [7, 11) is 1.74. The standard InChI is InChI=1S/C18H26N2O2/c1-22-15-9-10-20(14(11-15)12-19)18(21)17-8-4-6-13-5-2-3-7-16(13)17/h2-3,5,7,14-15,17H,4,6,8-12,19H2,1H3. The van der Waals surface area contributed by atoms with Crippen LogP contribution in [0.25, 0.3) is 0 Å². The molecular formula is C18H26N2O2. The first-order chi connectivity index (χ1) is 10.7. The van der Waals surface area contributed by atoms with E-state index in [4.69, 9.17) is 10.5 Å². The van der Waals surface area contributed by atoms with Gasteiger partial charge in [0.15, 0.2) is 0 Å². The van der Waals surface area contributed by atoms with Gasteiger partial charge in [0.05, 0.1) is 12.0 Å². The number of ether oxygens (including phenoxy) is 1. The largest absolute Gasteiger partial charge is 0.381 e. The fourth-order valence-electron chi connectivity index (χ4n) is 3.95. The molecule has 4 heteroatoms. The maximum Gasteiger partial charge on any atom is 0.230 e. The lowest BCUT2D eigenvalue weighted by Gasteiger charge is -2.41. The normalized spacial score (nSPS) is 28.3. The molecule has 3 atom stereocenters. The first-order valence-electron chi connectivity index (χ1n) is 8.35. The fourth-order valence-corrected chi connectivity index (χ4v) is 3.95. The minimum atomic E-state index is 0.0121. The van der Waals surface area contributed by atoms with Crippen LogP contribution in [0, 0.1) is 0 Å². The zero-order valence-electron chi connectivity index (χ0n) is 13.3. The van der Waals surface area contributed by atoms with Gasteiger partial charge < -0.3 is 15.4 Å². The van der Waals surface area contributed by atoms with Crippen molar-refractivity contribution in [2.75, 3.05) is 20.2 Å². The van der Waals surface area contributed by atoms with Crippen molar-refractivity contribution >= 4 is 5.91 Å². The van der Waals surface area contributed by atoms with E-state index in [0.29, 0.717) is 6.54 Å². The van der Waals surface area contributed by atoms with Crippen LogP contribution < -0.4 is 5.73 Å². The van der Waals surface area contributed by atoms with Crippen molar-refractivity contribution in [1.82, 2.24) is 4.90 Å². The molecule has 4 nitrogen and oxygen atoms in total. The van der Waals surface area contributed by atoms with Crippen LogP contribution in [0.15, 0.2) is 24.3 Å². The maximum atomic E-state index is 13.1. The number of amides is 1. The topological polar surface area (TPSA) is 55.6 Å². The molecule has 3 rings (SSSR count). The lowest BCUT2D eigenvalue weighted by molar-refractivity contribution is -0.138. The van der Waals surface area contributed by atoms with Crippen LogP contribution in [0.1, 0.15) is 42.7 Å². The van der Waals surface area contributed by atoms with Gasteiger partial charge in [-0.05, 0) is 43.2 Å². The number of hydrogen-bond donors (Lipinski definition) is 1. The molecule has 22 heavy (non-hydrogen) atoms. The first-order valence-corrected chi connectivity index (χ1v) is 8.35. The van der Waals surface area contributed by atoms with Gasteiger partial charge in [-0.3, -0.25) is 4.79 Å². The molecule has 2 aliphatic rings. The van der Waals surface area contributed by atoms with Crippen LogP contribution in [-0.4, -0.2) is 43.2 Å². The zero-order chi connectivity index (χ0) is 15.5. The number of rotatable bonds is 3. The summed E-state index contributed by atoms with van der Waals surface area (Å²) in [4.78, 5) is 15.1. The fraction of sp³-hybridized carbons (Fsp3) is 0.611. The van der Waals surface area contributed by atoms with Crippen LogP contribution in [0.3, 0.4) is 0 Å². The summed E-state index contributed by atoms with van der Waals surface area (Å²) >= 11 is 0. The summed E-state index contributed by atoms with van der Waals surface area (Å²) in [5, 5.41) is 0. The number of carbonyl (C=O) groups is 1. The van der Waals surface area contributed by atoms with Crippen LogP contribution in [0.5, 0.6) is 0 Å². The number of nitrogens with zero attached hydrogens (tertiary/aromatic N) is 1. The molecule has 3 unspecified atom stereocenters. The van der Waals surface area contributed by atoms with E-state index < -0.39 is 0 Å². The van der Waals surface area contributed by atoms with Gasteiger partial charge in [-0.2, -0.15) is 0 Å².